The summed E-state index contributed by atoms with van der Waals surface area (Å²) in [5, 5.41) is 0.439. The molecule has 116 valence electrons. The van der Waals surface area contributed by atoms with Crippen LogP contribution >= 0.6 is 11.6 Å². The van der Waals surface area contributed by atoms with Crippen molar-refractivity contribution in [2.24, 2.45) is 11.7 Å². The third-order valence-corrected chi connectivity index (χ3v) is 4.03. The van der Waals surface area contributed by atoms with E-state index in [1.165, 1.54) is 0 Å². The molecule has 0 unspecified atom stereocenters. The summed E-state index contributed by atoms with van der Waals surface area (Å²) in [6.07, 6.45) is 3.56. The second-order valence-corrected chi connectivity index (χ2v) is 5.99. The number of ether oxygens (including phenoxy) is 1. The molecule has 0 atom stereocenters. The van der Waals surface area contributed by atoms with Crippen molar-refractivity contribution in [1.29, 1.82) is 0 Å². The van der Waals surface area contributed by atoms with Crippen molar-refractivity contribution < 1.29 is 4.74 Å². The Kier molecular flexibility index (Phi) is 5.42. The van der Waals surface area contributed by atoms with Gasteiger partial charge in [0.2, 0.25) is 0 Å². The summed E-state index contributed by atoms with van der Waals surface area (Å²) in [7, 11) is 2.04. The fourth-order valence-electron chi connectivity index (χ4n) is 2.50. The van der Waals surface area contributed by atoms with Gasteiger partial charge in [0.05, 0.1) is 0 Å². The van der Waals surface area contributed by atoms with E-state index in [2.05, 4.69) is 28.7 Å². The maximum atomic E-state index is 6.17. The lowest BCUT2D eigenvalue weighted by molar-refractivity contribution is 0.0853. The quantitative estimate of drug-likeness (QED) is 0.866. The van der Waals surface area contributed by atoms with Gasteiger partial charge in [-0.15, -0.1) is 0 Å². The lowest BCUT2D eigenvalue weighted by atomic mass is 10.0. The second kappa shape index (κ2) is 7.09. The molecule has 21 heavy (non-hydrogen) atoms. The first-order chi connectivity index (χ1) is 10.0. The summed E-state index contributed by atoms with van der Waals surface area (Å²) in [4.78, 5) is 11.1. The molecule has 1 aliphatic rings. The Morgan fingerprint density at radius 3 is 2.67 bits per heavy atom. The zero-order chi connectivity index (χ0) is 15.4. The molecule has 1 aromatic rings. The largest absolute Gasteiger partial charge is 0.404 e. The normalized spacial score (nSPS) is 17.3. The van der Waals surface area contributed by atoms with Crippen molar-refractivity contribution in [3.8, 4) is 0 Å². The Hall–Kier alpha value is -1.33. The maximum Gasteiger partial charge on any atom is 0.160 e. The van der Waals surface area contributed by atoms with Crippen LogP contribution in [0.15, 0.2) is 12.3 Å². The molecule has 2 heterocycles. The number of hydrogen-bond acceptors (Lipinski definition) is 5. The number of allylic oxidation sites excluding steroid dienone is 1. The first-order valence-corrected chi connectivity index (χ1v) is 7.68. The Labute approximate surface area is 131 Å². The zero-order valence-electron chi connectivity index (χ0n) is 12.8. The van der Waals surface area contributed by atoms with Gasteiger partial charge in [-0.05, 0) is 18.8 Å². The fourth-order valence-corrected chi connectivity index (χ4v) is 2.68. The SMILES string of the molecule is CC(C)C(=CN)c1nc(Cl)cc(N(C)C2CCOCC2)n1. The number of anilines is 1. The van der Waals surface area contributed by atoms with Crippen LogP contribution < -0.4 is 10.6 Å². The fraction of sp³-hybridized carbons (Fsp3) is 0.600. The Bertz CT molecular complexity index is 512. The van der Waals surface area contributed by atoms with Crippen molar-refractivity contribution in [2.45, 2.75) is 32.7 Å². The number of nitrogens with two attached hydrogens (primary N) is 1. The molecule has 2 rings (SSSR count). The monoisotopic (exact) mass is 310 g/mol. The van der Waals surface area contributed by atoms with Gasteiger partial charge in [0.15, 0.2) is 5.82 Å². The number of nitrogens with zero attached hydrogens (tertiary/aromatic N) is 3. The van der Waals surface area contributed by atoms with Crippen LogP contribution in [0.2, 0.25) is 5.15 Å². The van der Waals surface area contributed by atoms with Crippen molar-refractivity contribution in [1.82, 2.24) is 9.97 Å². The minimum absolute atomic E-state index is 0.245. The van der Waals surface area contributed by atoms with Gasteiger partial charge in [-0.3, -0.25) is 0 Å². The van der Waals surface area contributed by atoms with E-state index >= 15 is 0 Å². The van der Waals surface area contributed by atoms with E-state index < -0.39 is 0 Å². The molecule has 0 bridgehead atoms. The average Bonchev–Trinajstić information content (AvgIpc) is 2.47. The molecule has 0 radical (unpaired) electrons. The van der Waals surface area contributed by atoms with Gasteiger partial charge in [0.1, 0.15) is 11.0 Å². The van der Waals surface area contributed by atoms with E-state index in [0.717, 1.165) is 37.4 Å². The molecule has 1 aliphatic heterocycles. The van der Waals surface area contributed by atoms with Gasteiger partial charge in [-0.25, -0.2) is 9.97 Å². The van der Waals surface area contributed by atoms with Crippen LogP contribution in [0.3, 0.4) is 0 Å². The minimum Gasteiger partial charge on any atom is -0.404 e. The van der Waals surface area contributed by atoms with E-state index in [-0.39, 0.29) is 5.92 Å². The Balaban J connectivity index is 2.29. The topological polar surface area (TPSA) is 64.3 Å². The molecule has 1 saturated heterocycles. The molecule has 0 amide bonds. The summed E-state index contributed by atoms with van der Waals surface area (Å²) in [6, 6.07) is 2.22. The van der Waals surface area contributed by atoms with Gasteiger partial charge in [0.25, 0.3) is 0 Å². The second-order valence-electron chi connectivity index (χ2n) is 5.60. The number of aromatic nitrogens is 2. The Morgan fingerprint density at radius 1 is 1.43 bits per heavy atom. The van der Waals surface area contributed by atoms with Crippen LogP contribution in [0.25, 0.3) is 5.57 Å². The van der Waals surface area contributed by atoms with E-state index in [4.69, 9.17) is 22.1 Å². The van der Waals surface area contributed by atoms with E-state index in [1.807, 2.05) is 7.05 Å². The minimum atomic E-state index is 0.245. The highest BCUT2D eigenvalue weighted by atomic mass is 35.5. The van der Waals surface area contributed by atoms with Crippen LogP contribution in [0, 0.1) is 5.92 Å². The van der Waals surface area contributed by atoms with Gasteiger partial charge in [-0.1, -0.05) is 25.4 Å². The maximum absolute atomic E-state index is 6.17. The number of rotatable bonds is 4. The van der Waals surface area contributed by atoms with E-state index in [9.17, 15) is 0 Å². The van der Waals surface area contributed by atoms with Crippen molar-refractivity contribution in [3.63, 3.8) is 0 Å². The number of hydrogen-bond donors (Lipinski definition) is 1. The van der Waals surface area contributed by atoms with E-state index in [0.29, 0.717) is 17.0 Å². The smallest absolute Gasteiger partial charge is 0.160 e. The first kappa shape index (κ1) is 16.0. The molecule has 0 aromatic carbocycles. The first-order valence-electron chi connectivity index (χ1n) is 7.30. The molecule has 2 N–H and O–H groups in total. The van der Waals surface area contributed by atoms with Crippen molar-refractivity contribution in [3.05, 3.63) is 23.2 Å². The van der Waals surface area contributed by atoms with Gasteiger partial charge in [0, 0.05) is 44.1 Å². The molecule has 1 fully saturated rings. The molecular formula is C15H23ClN4O. The summed E-state index contributed by atoms with van der Waals surface area (Å²) in [6.45, 7) is 5.71. The van der Waals surface area contributed by atoms with Gasteiger partial charge < -0.3 is 15.4 Å². The summed E-state index contributed by atoms with van der Waals surface area (Å²) < 4.78 is 5.41. The van der Waals surface area contributed by atoms with Crippen LogP contribution in [0.5, 0.6) is 0 Å². The van der Waals surface area contributed by atoms with Crippen LogP contribution in [-0.2, 0) is 4.74 Å². The average molecular weight is 311 g/mol. The van der Waals surface area contributed by atoms with Gasteiger partial charge in [-0.2, -0.15) is 0 Å². The van der Waals surface area contributed by atoms with Crippen LogP contribution in [0.4, 0.5) is 5.82 Å². The lowest BCUT2D eigenvalue weighted by Gasteiger charge is -2.32. The standard InChI is InChI=1S/C15H23ClN4O/c1-10(2)12(9-17)15-18-13(16)8-14(19-15)20(3)11-4-6-21-7-5-11/h8-11H,4-7,17H2,1-3H3. The predicted octanol–water partition coefficient (Wildman–Crippen LogP) is 2.70. The molecular weight excluding hydrogens is 288 g/mol. The van der Waals surface area contributed by atoms with Crippen molar-refractivity contribution in [2.75, 3.05) is 25.2 Å². The highest BCUT2D eigenvalue weighted by Gasteiger charge is 2.21. The summed E-state index contributed by atoms with van der Waals surface area (Å²) in [5.74, 6) is 1.68. The lowest BCUT2D eigenvalue weighted by Crippen LogP contribution is -2.37. The van der Waals surface area contributed by atoms with Gasteiger partial charge >= 0.3 is 0 Å². The molecule has 6 heteroatoms. The predicted molar refractivity (Wildman–Crippen MR) is 86.3 cm³/mol. The molecule has 1 aromatic heterocycles. The molecule has 0 saturated carbocycles. The third-order valence-electron chi connectivity index (χ3n) is 3.84. The molecule has 0 aliphatic carbocycles. The third kappa shape index (κ3) is 3.86. The molecule has 0 spiro atoms. The van der Waals surface area contributed by atoms with Crippen LogP contribution in [0.1, 0.15) is 32.5 Å². The summed E-state index contributed by atoms with van der Waals surface area (Å²) in [5.41, 5.74) is 6.61. The van der Waals surface area contributed by atoms with Crippen LogP contribution in [-0.4, -0.2) is 36.3 Å². The highest BCUT2D eigenvalue weighted by molar-refractivity contribution is 6.29. The number of halogens is 1. The highest BCUT2D eigenvalue weighted by Crippen LogP contribution is 2.26. The summed E-state index contributed by atoms with van der Waals surface area (Å²) >= 11 is 6.17. The van der Waals surface area contributed by atoms with Crippen molar-refractivity contribution >= 4 is 23.0 Å². The zero-order valence-corrected chi connectivity index (χ0v) is 13.6. The van der Waals surface area contributed by atoms with E-state index in [1.54, 1.807) is 12.3 Å². The Morgan fingerprint density at radius 2 is 2.10 bits per heavy atom. The molecule has 5 nitrogen and oxygen atoms in total.